The largest absolute Gasteiger partial charge is 0.449 e. The molecule has 1 aliphatic heterocycles. The molecule has 1 saturated heterocycles. The SMILES string of the molecule is C[C@@H]1CN(C(=O)Cn2c(C(F)(F)F)nc3ccccc32)C[C@H](C)O1. The molecule has 0 spiro atoms. The lowest BCUT2D eigenvalue weighted by Crippen LogP contribution is -2.49. The maximum absolute atomic E-state index is 13.3. The van der Waals surface area contributed by atoms with Crippen molar-refractivity contribution in [3.63, 3.8) is 0 Å². The van der Waals surface area contributed by atoms with E-state index in [9.17, 15) is 18.0 Å². The molecule has 0 bridgehead atoms. The Balaban J connectivity index is 1.93. The van der Waals surface area contributed by atoms with Crippen molar-refractivity contribution < 1.29 is 22.7 Å². The maximum Gasteiger partial charge on any atom is 0.449 e. The van der Waals surface area contributed by atoms with E-state index in [2.05, 4.69) is 4.98 Å². The summed E-state index contributed by atoms with van der Waals surface area (Å²) in [5.41, 5.74) is 0.522. The van der Waals surface area contributed by atoms with Crippen LogP contribution in [-0.4, -0.2) is 45.7 Å². The van der Waals surface area contributed by atoms with Crippen molar-refractivity contribution in [3.05, 3.63) is 30.1 Å². The standard InChI is InChI=1S/C16H18F3N3O2/c1-10-7-21(8-11(2)24-10)14(23)9-22-13-6-4-3-5-12(13)20-15(22)16(17,18)19/h3-6,10-11H,7-9H2,1-2H3/t10-,11+. The van der Waals surface area contributed by atoms with E-state index < -0.39 is 18.5 Å². The van der Waals surface area contributed by atoms with Crippen LogP contribution in [0.3, 0.4) is 0 Å². The molecule has 1 aliphatic rings. The van der Waals surface area contributed by atoms with E-state index in [1.54, 1.807) is 17.0 Å². The second kappa shape index (κ2) is 6.08. The molecule has 0 unspecified atom stereocenters. The molecule has 2 aromatic rings. The fourth-order valence-electron chi connectivity index (χ4n) is 3.07. The van der Waals surface area contributed by atoms with Gasteiger partial charge < -0.3 is 14.2 Å². The van der Waals surface area contributed by atoms with Crippen LogP contribution in [0.5, 0.6) is 0 Å². The number of carbonyl (C=O) groups is 1. The fourth-order valence-corrected chi connectivity index (χ4v) is 3.07. The number of fused-ring (bicyclic) bond motifs is 1. The predicted octanol–water partition coefficient (Wildman–Crippen LogP) is 2.69. The Bertz CT molecular complexity index is 747. The van der Waals surface area contributed by atoms with Gasteiger partial charge in [0.2, 0.25) is 11.7 Å². The molecule has 1 aromatic heterocycles. The Kier molecular flexibility index (Phi) is 4.25. The third-order valence-corrected chi connectivity index (χ3v) is 3.97. The second-order valence-electron chi connectivity index (χ2n) is 6.06. The molecule has 0 saturated carbocycles. The van der Waals surface area contributed by atoms with Crippen LogP contribution in [-0.2, 0) is 22.3 Å². The Labute approximate surface area is 137 Å². The molecular formula is C16H18F3N3O2. The van der Waals surface area contributed by atoms with Gasteiger partial charge in [-0.2, -0.15) is 13.2 Å². The normalized spacial score (nSPS) is 22.1. The van der Waals surface area contributed by atoms with Gasteiger partial charge in [-0.3, -0.25) is 4.79 Å². The summed E-state index contributed by atoms with van der Waals surface area (Å²) < 4.78 is 46.3. The van der Waals surface area contributed by atoms with Crippen LogP contribution in [0.15, 0.2) is 24.3 Å². The molecule has 2 heterocycles. The van der Waals surface area contributed by atoms with Gasteiger partial charge in [0.05, 0.1) is 23.2 Å². The zero-order chi connectivity index (χ0) is 17.5. The first-order chi connectivity index (χ1) is 11.3. The van der Waals surface area contributed by atoms with Crippen LogP contribution in [0.2, 0.25) is 0 Å². The Morgan fingerprint density at radius 1 is 1.25 bits per heavy atom. The molecule has 24 heavy (non-hydrogen) atoms. The summed E-state index contributed by atoms with van der Waals surface area (Å²) in [5, 5.41) is 0. The second-order valence-corrected chi connectivity index (χ2v) is 6.06. The number of alkyl halides is 3. The number of hydrogen-bond donors (Lipinski definition) is 0. The molecule has 5 nitrogen and oxygen atoms in total. The van der Waals surface area contributed by atoms with Gasteiger partial charge in [-0.15, -0.1) is 0 Å². The van der Waals surface area contributed by atoms with Crippen LogP contribution >= 0.6 is 0 Å². The molecule has 1 amide bonds. The van der Waals surface area contributed by atoms with E-state index in [-0.39, 0.29) is 23.6 Å². The molecule has 8 heteroatoms. The van der Waals surface area contributed by atoms with Crippen LogP contribution in [0.4, 0.5) is 13.2 Å². The van der Waals surface area contributed by atoms with Crippen molar-refractivity contribution in [2.45, 2.75) is 38.8 Å². The molecular weight excluding hydrogens is 323 g/mol. The predicted molar refractivity (Wildman–Crippen MR) is 81.3 cm³/mol. The number of hydrogen-bond acceptors (Lipinski definition) is 3. The number of nitrogens with zero attached hydrogens (tertiary/aromatic N) is 3. The van der Waals surface area contributed by atoms with Gasteiger partial charge in [-0.05, 0) is 26.0 Å². The lowest BCUT2D eigenvalue weighted by molar-refractivity contribution is -0.150. The molecule has 2 atom stereocenters. The van der Waals surface area contributed by atoms with E-state index in [4.69, 9.17) is 4.74 Å². The molecule has 1 aromatic carbocycles. The van der Waals surface area contributed by atoms with Gasteiger partial charge in [0.25, 0.3) is 0 Å². The first-order valence-electron chi connectivity index (χ1n) is 7.71. The Morgan fingerprint density at radius 3 is 2.50 bits per heavy atom. The van der Waals surface area contributed by atoms with Crippen LogP contribution < -0.4 is 0 Å². The van der Waals surface area contributed by atoms with E-state index in [1.807, 2.05) is 13.8 Å². The third-order valence-electron chi connectivity index (χ3n) is 3.97. The first-order valence-corrected chi connectivity index (χ1v) is 7.71. The number of benzene rings is 1. The summed E-state index contributed by atoms with van der Waals surface area (Å²) in [6, 6.07) is 6.29. The van der Waals surface area contributed by atoms with Crippen molar-refractivity contribution in [1.82, 2.24) is 14.5 Å². The van der Waals surface area contributed by atoms with Crippen molar-refractivity contribution >= 4 is 16.9 Å². The van der Waals surface area contributed by atoms with E-state index in [0.29, 0.717) is 18.6 Å². The van der Waals surface area contributed by atoms with Crippen LogP contribution in [0.25, 0.3) is 11.0 Å². The highest BCUT2D eigenvalue weighted by atomic mass is 19.4. The minimum atomic E-state index is -4.62. The van der Waals surface area contributed by atoms with Crippen molar-refractivity contribution in [1.29, 1.82) is 0 Å². The molecule has 1 fully saturated rings. The maximum atomic E-state index is 13.3. The number of ether oxygens (including phenoxy) is 1. The Hall–Kier alpha value is -2.09. The number of imidazole rings is 1. The number of aromatic nitrogens is 2. The minimum Gasteiger partial charge on any atom is -0.372 e. The van der Waals surface area contributed by atoms with Crippen LogP contribution in [0, 0.1) is 0 Å². The molecule has 130 valence electrons. The quantitative estimate of drug-likeness (QED) is 0.844. The highest BCUT2D eigenvalue weighted by Crippen LogP contribution is 2.31. The fraction of sp³-hybridized carbons (Fsp3) is 0.500. The van der Waals surface area contributed by atoms with E-state index >= 15 is 0 Å². The molecule has 0 aliphatic carbocycles. The topological polar surface area (TPSA) is 47.4 Å². The van der Waals surface area contributed by atoms with Crippen molar-refractivity contribution in [2.75, 3.05) is 13.1 Å². The number of rotatable bonds is 2. The highest BCUT2D eigenvalue weighted by Gasteiger charge is 2.38. The summed E-state index contributed by atoms with van der Waals surface area (Å²) in [7, 11) is 0. The monoisotopic (exact) mass is 341 g/mol. The average molecular weight is 341 g/mol. The number of amides is 1. The molecule has 3 rings (SSSR count). The average Bonchev–Trinajstić information content (AvgIpc) is 2.85. The van der Waals surface area contributed by atoms with E-state index in [1.165, 1.54) is 12.1 Å². The zero-order valence-electron chi connectivity index (χ0n) is 13.4. The lowest BCUT2D eigenvalue weighted by atomic mass is 10.2. The van der Waals surface area contributed by atoms with Crippen LogP contribution in [0.1, 0.15) is 19.7 Å². The van der Waals surface area contributed by atoms with Gasteiger partial charge in [0, 0.05) is 13.1 Å². The number of carbonyl (C=O) groups excluding carboxylic acids is 1. The zero-order valence-corrected chi connectivity index (χ0v) is 13.4. The van der Waals surface area contributed by atoms with Crippen molar-refractivity contribution in [3.8, 4) is 0 Å². The summed E-state index contributed by atoms with van der Waals surface area (Å²) in [6.07, 6.45) is -4.90. The van der Waals surface area contributed by atoms with Gasteiger partial charge in [0.1, 0.15) is 6.54 Å². The van der Waals surface area contributed by atoms with Gasteiger partial charge in [-0.1, -0.05) is 12.1 Å². The van der Waals surface area contributed by atoms with Gasteiger partial charge in [0.15, 0.2) is 0 Å². The summed E-state index contributed by atoms with van der Waals surface area (Å²) in [5.74, 6) is -1.42. The molecule has 0 N–H and O–H groups in total. The molecule has 0 radical (unpaired) electrons. The highest BCUT2D eigenvalue weighted by molar-refractivity contribution is 5.81. The lowest BCUT2D eigenvalue weighted by Gasteiger charge is -2.35. The number of para-hydroxylation sites is 2. The van der Waals surface area contributed by atoms with E-state index in [0.717, 1.165) is 4.57 Å². The van der Waals surface area contributed by atoms with Crippen molar-refractivity contribution in [2.24, 2.45) is 0 Å². The summed E-state index contributed by atoms with van der Waals surface area (Å²) >= 11 is 0. The van der Waals surface area contributed by atoms with Gasteiger partial charge >= 0.3 is 6.18 Å². The first kappa shape index (κ1) is 16.8. The minimum absolute atomic E-state index is 0.140. The third kappa shape index (κ3) is 3.24. The number of morpholine rings is 1. The summed E-state index contributed by atoms with van der Waals surface area (Å²) in [6.45, 7) is 4.02. The Morgan fingerprint density at radius 2 is 1.88 bits per heavy atom. The summed E-state index contributed by atoms with van der Waals surface area (Å²) in [4.78, 5) is 17.7. The smallest absolute Gasteiger partial charge is 0.372 e. The van der Waals surface area contributed by atoms with Gasteiger partial charge in [-0.25, -0.2) is 4.98 Å². The number of halogens is 3.